The van der Waals surface area contributed by atoms with Crippen LogP contribution in [0.1, 0.15) is 12.0 Å². The summed E-state index contributed by atoms with van der Waals surface area (Å²) in [6.07, 6.45) is 2.00. The molecule has 0 aliphatic heterocycles. The van der Waals surface area contributed by atoms with Crippen molar-refractivity contribution in [3.05, 3.63) is 34.3 Å². The fourth-order valence-corrected chi connectivity index (χ4v) is 2.03. The Morgan fingerprint density at radius 3 is 2.62 bits per heavy atom. The van der Waals surface area contributed by atoms with Gasteiger partial charge >= 0.3 is 0 Å². The van der Waals surface area contributed by atoms with Crippen LogP contribution in [0.2, 0.25) is 0 Å². The second kappa shape index (κ2) is 7.01. The first kappa shape index (κ1) is 13.6. The molecule has 0 saturated heterocycles. The molecule has 0 aromatic heterocycles. The van der Waals surface area contributed by atoms with E-state index in [0.29, 0.717) is 6.04 Å². The summed E-state index contributed by atoms with van der Waals surface area (Å²) in [7, 11) is 4.15. The van der Waals surface area contributed by atoms with E-state index in [2.05, 4.69) is 58.6 Å². The largest absolute Gasteiger partial charge is 0.309 e. The van der Waals surface area contributed by atoms with Gasteiger partial charge in [0.05, 0.1) is 0 Å². The van der Waals surface area contributed by atoms with E-state index in [-0.39, 0.29) is 0 Å². The highest BCUT2D eigenvalue weighted by Crippen LogP contribution is 2.18. The lowest BCUT2D eigenvalue weighted by Crippen LogP contribution is -2.38. The topological polar surface area (TPSA) is 41.3 Å². The molecule has 0 aliphatic carbocycles. The Kier molecular flexibility index (Phi) is 5.98. The maximum Gasteiger partial charge on any atom is 0.0263 e. The Balaban J connectivity index is 2.53. The summed E-state index contributed by atoms with van der Waals surface area (Å²) in [4.78, 5) is 2.17. The first-order chi connectivity index (χ1) is 7.63. The van der Waals surface area contributed by atoms with Gasteiger partial charge in [-0.1, -0.05) is 34.1 Å². The first-order valence-electron chi connectivity index (χ1n) is 5.47. The van der Waals surface area contributed by atoms with Gasteiger partial charge in [-0.3, -0.25) is 11.3 Å². The van der Waals surface area contributed by atoms with Crippen LogP contribution in [0, 0.1) is 0 Å². The Hall–Kier alpha value is -0.420. The van der Waals surface area contributed by atoms with Gasteiger partial charge in [0.2, 0.25) is 0 Å². The van der Waals surface area contributed by atoms with Crippen molar-refractivity contribution in [3.63, 3.8) is 0 Å². The average molecular weight is 286 g/mol. The third-order valence-corrected chi connectivity index (χ3v) is 3.36. The lowest BCUT2D eigenvalue weighted by atomic mass is 10.0. The van der Waals surface area contributed by atoms with E-state index < -0.39 is 0 Å². The van der Waals surface area contributed by atoms with E-state index >= 15 is 0 Å². The van der Waals surface area contributed by atoms with Crippen molar-refractivity contribution in [1.29, 1.82) is 0 Å². The minimum atomic E-state index is 0.320. The molecule has 1 aromatic carbocycles. The van der Waals surface area contributed by atoms with Crippen LogP contribution < -0.4 is 11.3 Å². The van der Waals surface area contributed by atoms with Crippen molar-refractivity contribution >= 4 is 15.9 Å². The Bertz CT molecular complexity index is 315. The van der Waals surface area contributed by atoms with Crippen LogP contribution >= 0.6 is 15.9 Å². The average Bonchev–Trinajstić information content (AvgIpc) is 2.26. The molecule has 1 unspecified atom stereocenters. The normalized spacial score (nSPS) is 13.1. The summed E-state index contributed by atoms with van der Waals surface area (Å²) in [5, 5.41) is 0. The lowest BCUT2D eigenvalue weighted by molar-refractivity contribution is 0.358. The molecule has 0 amide bonds. The maximum absolute atomic E-state index is 5.57. The number of nitrogens with two attached hydrogens (primary N) is 1. The fraction of sp³-hybridized carbons (Fsp3) is 0.500. The van der Waals surface area contributed by atoms with Crippen LogP contribution in [0.5, 0.6) is 0 Å². The molecule has 4 heteroatoms. The van der Waals surface area contributed by atoms with E-state index in [9.17, 15) is 0 Å². The smallest absolute Gasteiger partial charge is 0.0263 e. The van der Waals surface area contributed by atoms with Crippen molar-refractivity contribution in [2.75, 3.05) is 20.6 Å². The fourth-order valence-electron chi connectivity index (χ4n) is 1.59. The highest BCUT2D eigenvalue weighted by atomic mass is 79.9. The quantitative estimate of drug-likeness (QED) is 0.618. The number of nitrogens with one attached hydrogen (secondary N) is 1. The monoisotopic (exact) mass is 285 g/mol. The first-order valence-corrected chi connectivity index (χ1v) is 6.27. The molecular weight excluding hydrogens is 266 g/mol. The molecule has 0 spiro atoms. The molecule has 0 heterocycles. The van der Waals surface area contributed by atoms with Gasteiger partial charge in [0.25, 0.3) is 0 Å². The van der Waals surface area contributed by atoms with Crippen LogP contribution in [0.4, 0.5) is 0 Å². The van der Waals surface area contributed by atoms with Crippen molar-refractivity contribution < 1.29 is 0 Å². The zero-order chi connectivity index (χ0) is 12.0. The van der Waals surface area contributed by atoms with Gasteiger partial charge in [0, 0.05) is 10.5 Å². The Labute approximate surface area is 106 Å². The molecule has 0 aliphatic rings. The predicted molar refractivity (Wildman–Crippen MR) is 72.1 cm³/mol. The third kappa shape index (κ3) is 4.61. The Morgan fingerprint density at radius 2 is 2.06 bits per heavy atom. The van der Waals surface area contributed by atoms with Crippen molar-refractivity contribution in [1.82, 2.24) is 10.3 Å². The zero-order valence-corrected chi connectivity index (χ0v) is 11.5. The molecule has 1 aromatic rings. The molecule has 1 rings (SSSR count). The summed E-state index contributed by atoms with van der Waals surface area (Å²) >= 11 is 3.55. The number of hydrazine groups is 1. The van der Waals surface area contributed by atoms with E-state index in [1.807, 2.05) is 6.07 Å². The SMILES string of the molecule is CN(C)CCC(Cc1ccccc1Br)NN. The number of hydrogen-bond acceptors (Lipinski definition) is 3. The summed E-state index contributed by atoms with van der Waals surface area (Å²) in [5.41, 5.74) is 4.18. The van der Waals surface area contributed by atoms with Gasteiger partial charge < -0.3 is 4.90 Å². The van der Waals surface area contributed by atoms with Crippen molar-refractivity contribution in [3.8, 4) is 0 Å². The molecule has 16 heavy (non-hydrogen) atoms. The number of rotatable bonds is 6. The van der Waals surface area contributed by atoms with Crippen molar-refractivity contribution in [2.45, 2.75) is 18.9 Å². The molecule has 1 atom stereocenters. The van der Waals surface area contributed by atoms with Gasteiger partial charge in [-0.05, 0) is 45.1 Å². The summed E-state index contributed by atoms with van der Waals surface area (Å²) < 4.78 is 1.15. The minimum absolute atomic E-state index is 0.320. The van der Waals surface area contributed by atoms with Crippen LogP contribution in [0.25, 0.3) is 0 Å². The van der Waals surface area contributed by atoms with Crippen LogP contribution in [-0.4, -0.2) is 31.6 Å². The second-order valence-electron chi connectivity index (χ2n) is 4.25. The standard InChI is InChI=1S/C12H20BrN3/c1-16(2)8-7-11(15-14)9-10-5-3-4-6-12(10)13/h3-6,11,15H,7-9,14H2,1-2H3. The summed E-state index contributed by atoms with van der Waals surface area (Å²) in [6, 6.07) is 8.60. The zero-order valence-electron chi connectivity index (χ0n) is 9.91. The van der Waals surface area contributed by atoms with E-state index in [1.165, 1.54) is 5.56 Å². The van der Waals surface area contributed by atoms with Gasteiger partial charge in [-0.15, -0.1) is 0 Å². The molecule has 0 fully saturated rings. The van der Waals surface area contributed by atoms with E-state index in [1.54, 1.807) is 0 Å². The van der Waals surface area contributed by atoms with Crippen molar-refractivity contribution in [2.24, 2.45) is 5.84 Å². The molecule has 90 valence electrons. The molecule has 0 radical (unpaired) electrons. The maximum atomic E-state index is 5.57. The van der Waals surface area contributed by atoms with Gasteiger partial charge in [-0.2, -0.15) is 0 Å². The highest BCUT2D eigenvalue weighted by molar-refractivity contribution is 9.10. The van der Waals surface area contributed by atoms with Crippen LogP contribution in [0.3, 0.4) is 0 Å². The number of nitrogens with zero attached hydrogens (tertiary/aromatic N) is 1. The third-order valence-electron chi connectivity index (χ3n) is 2.58. The van der Waals surface area contributed by atoms with Gasteiger partial charge in [-0.25, -0.2) is 0 Å². The van der Waals surface area contributed by atoms with Gasteiger partial charge in [0.15, 0.2) is 0 Å². The van der Waals surface area contributed by atoms with Crippen LogP contribution in [-0.2, 0) is 6.42 Å². The molecule has 0 saturated carbocycles. The number of benzene rings is 1. The summed E-state index contributed by atoms with van der Waals surface area (Å²) in [5.74, 6) is 5.57. The van der Waals surface area contributed by atoms with Crippen LogP contribution in [0.15, 0.2) is 28.7 Å². The van der Waals surface area contributed by atoms with Gasteiger partial charge in [0.1, 0.15) is 0 Å². The van der Waals surface area contributed by atoms with E-state index in [0.717, 1.165) is 23.9 Å². The summed E-state index contributed by atoms with van der Waals surface area (Å²) in [6.45, 7) is 1.04. The molecule has 3 N–H and O–H groups in total. The minimum Gasteiger partial charge on any atom is -0.309 e. The number of hydrogen-bond donors (Lipinski definition) is 2. The molecular formula is C12H20BrN3. The predicted octanol–water partition coefficient (Wildman–Crippen LogP) is 1.78. The number of halogens is 1. The second-order valence-corrected chi connectivity index (χ2v) is 5.11. The Morgan fingerprint density at radius 1 is 1.38 bits per heavy atom. The van der Waals surface area contributed by atoms with E-state index in [4.69, 9.17) is 5.84 Å². The highest BCUT2D eigenvalue weighted by Gasteiger charge is 2.09. The molecule has 0 bridgehead atoms. The lowest BCUT2D eigenvalue weighted by Gasteiger charge is -2.19. The molecule has 3 nitrogen and oxygen atoms in total.